The van der Waals surface area contributed by atoms with E-state index in [1.54, 1.807) is 12.1 Å². The first-order valence-electron chi connectivity index (χ1n) is 7.35. The van der Waals surface area contributed by atoms with E-state index in [9.17, 15) is 9.90 Å². The van der Waals surface area contributed by atoms with Gasteiger partial charge in [0.1, 0.15) is 5.82 Å². The summed E-state index contributed by atoms with van der Waals surface area (Å²) in [5, 5.41) is 12.8. The van der Waals surface area contributed by atoms with Gasteiger partial charge >= 0.3 is 0 Å². The van der Waals surface area contributed by atoms with Crippen molar-refractivity contribution in [2.75, 3.05) is 5.73 Å². The average molecular weight is 277 g/mol. The number of pyridine rings is 1. The van der Waals surface area contributed by atoms with Crippen LogP contribution in [0.25, 0.3) is 0 Å². The summed E-state index contributed by atoms with van der Waals surface area (Å²) in [5.74, 6) is 0.188. The largest absolute Gasteiger partial charge is 0.391 e. The monoisotopic (exact) mass is 277 g/mol. The highest BCUT2D eigenvalue weighted by molar-refractivity contribution is 5.95. The van der Waals surface area contributed by atoms with Crippen LogP contribution in [0.15, 0.2) is 12.1 Å². The summed E-state index contributed by atoms with van der Waals surface area (Å²) in [6.45, 7) is 2.06. The number of nitrogen functional groups attached to an aromatic ring is 1. The number of amides is 1. The van der Waals surface area contributed by atoms with Crippen molar-refractivity contribution in [1.82, 2.24) is 10.3 Å². The predicted octanol–water partition coefficient (Wildman–Crippen LogP) is 1.65. The lowest BCUT2D eigenvalue weighted by Gasteiger charge is -2.28. The Balaban J connectivity index is 2.08. The smallest absolute Gasteiger partial charge is 0.251 e. The summed E-state index contributed by atoms with van der Waals surface area (Å²) in [5.41, 5.74) is 7.11. The molecule has 0 saturated heterocycles. The number of aromatic nitrogens is 1. The Morgan fingerprint density at radius 2 is 2.20 bits per heavy atom. The van der Waals surface area contributed by atoms with E-state index < -0.39 is 6.10 Å². The number of carbonyl (C=O) groups excluding carboxylic acids is 1. The second-order valence-electron chi connectivity index (χ2n) is 5.45. The van der Waals surface area contributed by atoms with Crippen LogP contribution in [-0.4, -0.2) is 28.1 Å². The number of hydrogen-bond acceptors (Lipinski definition) is 4. The van der Waals surface area contributed by atoms with Gasteiger partial charge in [0.2, 0.25) is 0 Å². The van der Waals surface area contributed by atoms with Crippen molar-refractivity contribution in [1.29, 1.82) is 0 Å². The Labute approximate surface area is 119 Å². The van der Waals surface area contributed by atoms with Crippen LogP contribution in [0.5, 0.6) is 0 Å². The van der Waals surface area contributed by atoms with E-state index in [0.717, 1.165) is 44.2 Å². The second-order valence-corrected chi connectivity index (χ2v) is 5.45. The summed E-state index contributed by atoms with van der Waals surface area (Å²) in [6.07, 6.45) is 4.97. The molecule has 1 saturated carbocycles. The molecule has 0 aromatic carbocycles. The van der Waals surface area contributed by atoms with Crippen LogP contribution in [0.4, 0.5) is 5.82 Å². The van der Waals surface area contributed by atoms with E-state index in [2.05, 4.69) is 17.2 Å². The van der Waals surface area contributed by atoms with Crippen LogP contribution >= 0.6 is 0 Å². The molecule has 1 heterocycles. The van der Waals surface area contributed by atoms with Gasteiger partial charge in [-0.3, -0.25) is 4.79 Å². The van der Waals surface area contributed by atoms with Gasteiger partial charge in [0.15, 0.2) is 0 Å². The zero-order valence-corrected chi connectivity index (χ0v) is 11.9. The minimum Gasteiger partial charge on any atom is -0.391 e. The highest BCUT2D eigenvalue weighted by Gasteiger charge is 2.25. The number of nitrogens with zero attached hydrogens (tertiary/aromatic N) is 1. The van der Waals surface area contributed by atoms with Gasteiger partial charge in [0.05, 0.1) is 12.1 Å². The van der Waals surface area contributed by atoms with Crippen LogP contribution in [-0.2, 0) is 6.42 Å². The number of rotatable bonds is 4. The fourth-order valence-corrected chi connectivity index (χ4v) is 2.66. The SMILES string of the molecule is CCCc1cc(C(=O)NC2CCCCC2O)cc(N)n1. The number of hydrogen-bond donors (Lipinski definition) is 3. The molecule has 1 aliphatic rings. The molecule has 4 N–H and O–H groups in total. The van der Waals surface area contributed by atoms with Gasteiger partial charge in [0, 0.05) is 11.3 Å². The molecule has 1 aromatic rings. The Bertz CT molecular complexity index is 476. The number of aliphatic hydroxyl groups is 1. The summed E-state index contributed by atoms with van der Waals surface area (Å²) in [7, 11) is 0. The summed E-state index contributed by atoms with van der Waals surface area (Å²) in [6, 6.07) is 3.22. The van der Waals surface area contributed by atoms with Crippen molar-refractivity contribution < 1.29 is 9.90 Å². The fourth-order valence-electron chi connectivity index (χ4n) is 2.66. The van der Waals surface area contributed by atoms with Gasteiger partial charge in [-0.2, -0.15) is 0 Å². The van der Waals surface area contributed by atoms with Crippen molar-refractivity contribution >= 4 is 11.7 Å². The molecule has 5 heteroatoms. The van der Waals surface area contributed by atoms with E-state index in [1.165, 1.54) is 0 Å². The van der Waals surface area contributed by atoms with E-state index in [4.69, 9.17) is 5.73 Å². The van der Waals surface area contributed by atoms with Crippen molar-refractivity contribution in [3.8, 4) is 0 Å². The molecule has 0 bridgehead atoms. The number of nitrogens with one attached hydrogen (secondary N) is 1. The first kappa shape index (κ1) is 14.8. The zero-order valence-electron chi connectivity index (χ0n) is 11.9. The Kier molecular flexibility index (Phi) is 4.95. The van der Waals surface area contributed by atoms with Crippen molar-refractivity contribution in [2.24, 2.45) is 0 Å². The third-order valence-electron chi connectivity index (χ3n) is 3.71. The third kappa shape index (κ3) is 3.70. The molecule has 0 radical (unpaired) electrons. The van der Waals surface area contributed by atoms with Gasteiger partial charge in [-0.1, -0.05) is 26.2 Å². The lowest BCUT2D eigenvalue weighted by Crippen LogP contribution is -2.45. The topological polar surface area (TPSA) is 88.2 Å². The third-order valence-corrected chi connectivity index (χ3v) is 3.71. The van der Waals surface area contributed by atoms with E-state index in [1.807, 2.05) is 0 Å². The highest BCUT2D eigenvalue weighted by Crippen LogP contribution is 2.19. The van der Waals surface area contributed by atoms with Crippen LogP contribution in [0.2, 0.25) is 0 Å². The van der Waals surface area contributed by atoms with Crippen LogP contribution < -0.4 is 11.1 Å². The number of carbonyl (C=O) groups is 1. The minimum atomic E-state index is -0.443. The zero-order chi connectivity index (χ0) is 14.5. The lowest BCUT2D eigenvalue weighted by molar-refractivity contribution is 0.0717. The van der Waals surface area contributed by atoms with Crippen LogP contribution in [0.1, 0.15) is 55.1 Å². The summed E-state index contributed by atoms with van der Waals surface area (Å²) >= 11 is 0. The molecule has 1 aliphatic carbocycles. The Morgan fingerprint density at radius 1 is 1.45 bits per heavy atom. The molecule has 0 aliphatic heterocycles. The van der Waals surface area contributed by atoms with E-state index in [-0.39, 0.29) is 11.9 Å². The number of aryl methyl sites for hydroxylation is 1. The maximum atomic E-state index is 12.3. The van der Waals surface area contributed by atoms with Crippen molar-refractivity contribution in [3.63, 3.8) is 0 Å². The first-order valence-corrected chi connectivity index (χ1v) is 7.35. The number of nitrogens with two attached hydrogens (primary N) is 1. The Morgan fingerprint density at radius 3 is 2.90 bits per heavy atom. The minimum absolute atomic E-state index is 0.153. The van der Waals surface area contributed by atoms with Gasteiger partial charge in [-0.05, 0) is 31.4 Å². The molecule has 1 fully saturated rings. The maximum Gasteiger partial charge on any atom is 0.251 e. The molecule has 20 heavy (non-hydrogen) atoms. The highest BCUT2D eigenvalue weighted by atomic mass is 16.3. The fraction of sp³-hybridized carbons (Fsp3) is 0.600. The standard InChI is InChI=1S/C15H23N3O2/c1-2-5-11-8-10(9-14(16)17-11)15(20)18-12-6-3-4-7-13(12)19/h8-9,12-13,19H,2-7H2,1H3,(H2,16,17)(H,18,20). The van der Waals surface area contributed by atoms with Gasteiger partial charge in [0.25, 0.3) is 5.91 Å². The summed E-state index contributed by atoms with van der Waals surface area (Å²) in [4.78, 5) is 16.5. The molecular formula is C15H23N3O2. The maximum absolute atomic E-state index is 12.3. The molecule has 2 unspecified atom stereocenters. The van der Waals surface area contributed by atoms with Gasteiger partial charge in [-0.15, -0.1) is 0 Å². The molecule has 110 valence electrons. The lowest BCUT2D eigenvalue weighted by atomic mass is 9.92. The van der Waals surface area contributed by atoms with Crippen molar-refractivity contribution in [3.05, 3.63) is 23.4 Å². The predicted molar refractivity (Wildman–Crippen MR) is 78.4 cm³/mol. The first-order chi connectivity index (χ1) is 9.60. The normalized spacial score (nSPS) is 22.5. The average Bonchev–Trinajstić information content (AvgIpc) is 2.41. The van der Waals surface area contributed by atoms with E-state index >= 15 is 0 Å². The van der Waals surface area contributed by atoms with Gasteiger partial charge in [-0.25, -0.2) is 4.98 Å². The van der Waals surface area contributed by atoms with E-state index in [0.29, 0.717) is 11.4 Å². The molecular weight excluding hydrogens is 254 g/mol. The molecule has 1 amide bonds. The number of aliphatic hydroxyl groups excluding tert-OH is 1. The van der Waals surface area contributed by atoms with Crippen LogP contribution in [0, 0.1) is 0 Å². The summed E-state index contributed by atoms with van der Waals surface area (Å²) < 4.78 is 0. The Hall–Kier alpha value is -1.62. The second kappa shape index (κ2) is 6.70. The molecule has 2 atom stereocenters. The quantitative estimate of drug-likeness (QED) is 0.780. The molecule has 0 spiro atoms. The molecule has 5 nitrogen and oxygen atoms in total. The van der Waals surface area contributed by atoms with Crippen molar-refractivity contribution in [2.45, 2.75) is 57.6 Å². The molecule has 1 aromatic heterocycles. The molecule has 2 rings (SSSR count). The number of anilines is 1. The van der Waals surface area contributed by atoms with Crippen LogP contribution in [0.3, 0.4) is 0 Å². The van der Waals surface area contributed by atoms with Gasteiger partial charge < -0.3 is 16.2 Å².